The molecule has 0 saturated heterocycles. The zero-order valence-corrected chi connectivity index (χ0v) is 15.0. The van der Waals surface area contributed by atoms with Crippen molar-refractivity contribution in [2.45, 2.75) is 6.92 Å². The number of hydrogen-bond donors (Lipinski definition) is 2. The summed E-state index contributed by atoms with van der Waals surface area (Å²) in [6.45, 7) is 1.79. The van der Waals surface area contributed by atoms with Crippen LogP contribution in [0.5, 0.6) is 0 Å². The van der Waals surface area contributed by atoms with Crippen molar-refractivity contribution >= 4 is 34.8 Å². The molecular weight excluding hydrogens is 369 g/mol. The number of pyridine rings is 1. The molecule has 0 radical (unpaired) electrons. The van der Waals surface area contributed by atoms with Gasteiger partial charge in [-0.1, -0.05) is 23.7 Å². The summed E-state index contributed by atoms with van der Waals surface area (Å²) in [5.41, 5.74) is 1.87. The minimum absolute atomic E-state index is 0.0646. The average molecular weight is 384 g/mol. The molecule has 0 fully saturated rings. The molecule has 3 rings (SSSR count). The smallest absolute Gasteiger partial charge is 0.274 e. The standard InChI is InChI=1S/C20H15ClFN3O2/c1-12-15(21)4-2-5-16(12)25-20(27)18-7-3-6-17(24-18)19(26)23-14-10-8-13(22)9-11-14/h2-11H,1H3,(H,23,26)(H,25,27). The molecule has 0 aliphatic rings. The van der Waals surface area contributed by atoms with E-state index in [1.165, 1.54) is 36.4 Å². The SMILES string of the molecule is Cc1c(Cl)cccc1NC(=O)c1cccc(C(=O)Nc2ccc(F)cc2)n1. The predicted octanol–water partition coefficient (Wildman–Crippen LogP) is 4.69. The Morgan fingerprint density at radius 1 is 0.889 bits per heavy atom. The molecule has 2 aromatic carbocycles. The van der Waals surface area contributed by atoms with Crippen LogP contribution in [-0.4, -0.2) is 16.8 Å². The van der Waals surface area contributed by atoms with Crippen molar-refractivity contribution in [3.63, 3.8) is 0 Å². The number of anilines is 2. The second-order valence-corrected chi connectivity index (χ2v) is 6.14. The Morgan fingerprint density at radius 3 is 2.15 bits per heavy atom. The average Bonchev–Trinajstić information content (AvgIpc) is 2.67. The number of aromatic nitrogens is 1. The summed E-state index contributed by atoms with van der Waals surface area (Å²) in [5.74, 6) is -1.37. The van der Waals surface area contributed by atoms with Crippen LogP contribution in [0.25, 0.3) is 0 Å². The predicted molar refractivity (Wildman–Crippen MR) is 103 cm³/mol. The third kappa shape index (κ3) is 4.48. The van der Waals surface area contributed by atoms with Crippen LogP contribution < -0.4 is 10.6 Å². The summed E-state index contributed by atoms with van der Waals surface area (Å²) in [4.78, 5) is 28.9. The molecule has 2 N–H and O–H groups in total. The van der Waals surface area contributed by atoms with E-state index >= 15 is 0 Å². The van der Waals surface area contributed by atoms with Gasteiger partial charge >= 0.3 is 0 Å². The molecule has 2 amide bonds. The van der Waals surface area contributed by atoms with E-state index in [9.17, 15) is 14.0 Å². The maximum absolute atomic E-state index is 12.9. The topological polar surface area (TPSA) is 71.1 Å². The van der Waals surface area contributed by atoms with E-state index < -0.39 is 17.6 Å². The lowest BCUT2D eigenvalue weighted by Crippen LogP contribution is -2.18. The van der Waals surface area contributed by atoms with Crippen molar-refractivity contribution < 1.29 is 14.0 Å². The number of carbonyl (C=O) groups is 2. The van der Waals surface area contributed by atoms with Crippen LogP contribution in [-0.2, 0) is 0 Å². The molecule has 0 atom stereocenters. The minimum atomic E-state index is -0.504. The fourth-order valence-corrected chi connectivity index (χ4v) is 2.52. The van der Waals surface area contributed by atoms with Gasteiger partial charge in [0.15, 0.2) is 0 Å². The van der Waals surface area contributed by atoms with E-state index in [1.807, 2.05) is 0 Å². The normalized spacial score (nSPS) is 10.3. The lowest BCUT2D eigenvalue weighted by atomic mass is 10.2. The highest BCUT2D eigenvalue weighted by Crippen LogP contribution is 2.23. The Balaban J connectivity index is 1.76. The number of amides is 2. The highest BCUT2D eigenvalue weighted by Gasteiger charge is 2.14. The zero-order chi connectivity index (χ0) is 19.4. The Labute approximate surface area is 160 Å². The maximum atomic E-state index is 12.9. The fraction of sp³-hybridized carbons (Fsp3) is 0.0500. The van der Waals surface area contributed by atoms with Gasteiger partial charge in [0.25, 0.3) is 11.8 Å². The maximum Gasteiger partial charge on any atom is 0.274 e. The highest BCUT2D eigenvalue weighted by molar-refractivity contribution is 6.31. The van der Waals surface area contributed by atoms with Crippen LogP contribution in [0.1, 0.15) is 26.5 Å². The van der Waals surface area contributed by atoms with E-state index in [2.05, 4.69) is 15.6 Å². The van der Waals surface area contributed by atoms with Gasteiger partial charge in [-0.2, -0.15) is 0 Å². The highest BCUT2D eigenvalue weighted by atomic mass is 35.5. The molecule has 7 heteroatoms. The van der Waals surface area contributed by atoms with E-state index in [-0.39, 0.29) is 11.4 Å². The summed E-state index contributed by atoms with van der Waals surface area (Å²) in [5, 5.41) is 5.87. The number of nitrogens with one attached hydrogen (secondary N) is 2. The van der Waals surface area contributed by atoms with Gasteiger partial charge in [0.05, 0.1) is 0 Å². The van der Waals surface area contributed by atoms with Gasteiger partial charge < -0.3 is 10.6 Å². The minimum Gasteiger partial charge on any atom is -0.321 e. The molecular formula is C20H15ClFN3O2. The second-order valence-electron chi connectivity index (χ2n) is 5.74. The Bertz CT molecular complexity index is 1010. The van der Waals surface area contributed by atoms with E-state index in [1.54, 1.807) is 31.2 Å². The van der Waals surface area contributed by atoms with Crippen LogP contribution in [0.4, 0.5) is 15.8 Å². The van der Waals surface area contributed by atoms with Crippen LogP contribution in [0.15, 0.2) is 60.7 Å². The quantitative estimate of drug-likeness (QED) is 0.686. The Hall–Kier alpha value is -3.25. The number of carbonyl (C=O) groups excluding carboxylic acids is 2. The monoisotopic (exact) mass is 383 g/mol. The molecule has 3 aromatic rings. The molecule has 0 spiro atoms. The van der Waals surface area contributed by atoms with Gasteiger partial charge in [-0.25, -0.2) is 9.37 Å². The molecule has 1 heterocycles. The first-order chi connectivity index (χ1) is 12.9. The van der Waals surface area contributed by atoms with Crippen molar-refractivity contribution in [3.05, 3.63) is 88.5 Å². The second kappa shape index (κ2) is 7.97. The molecule has 27 heavy (non-hydrogen) atoms. The molecule has 0 unspecified atom stereocenters. The Morgan fingerprint density at radius 2 is 1.48 bits per heavy atom. The lowest BCUT2D eigenvalue weighted by molar-refractivity contribution is 0.101. The van der Waals surface area contributed by atoms with Crippen molar-refractivity contribution in [3.8, 4) is 0 Å². The molecule has 136 valence electrons. The van der Waals surface area contributed by atoms with Crippen LogP contribution >= 0.6 is 11.6 Å². The van der Waals surface area contributed by atoms with Crippen LogP contribution in [0, 0.1) is 12.7 Å². The van der Waals surface area contributed by atoms with Gasteiger partial charge in [0, 0.05) is 16.4 Å². The number of nitrogens with zero attached hydrogens (tertiary/aromatic N) is 1. The number of hydrogen-bond acceptors (Lipinski definition) is 3. The van der Waals surface area contributed by atoms with Crippen molar-refractivity contribution in [1.82, 2.24) is 4.98 Å². The van der Waals surface area contributed by atoms with E-state index in [4.69, 9.17) is 11.6 Å². The summed E-state index contributed by atoms with van der Waals surface area (Å²) >= 11 is 6.05. The molecule has 0 saturated carbocycles. The van der Waals surface area contributed by atoms with Crippen molar-refractivity contribution in [1.29, 1.82) is 0 Å². The summed E-state index contributed by atoms with van der Waals surface area (Å²) < 4.78 is 12.9. The third-order valence-corrected chi connectivity index (χ3v) is 4.24. The fourth-order valence-electron chi connectivity index (χ4n) is 2.35. The summed E-state index contributed by atoms with van der Waals surface area (Å²) in [6.07, 6.45) is 0. The molecule has 5 nitrogen and oxygen atoms in total. The number of rotatable bonds is 4. The van der Waals surface area contributed by atoms with Gasteiger partial charge in [-0.05, 0) is 61.0 Å². The summed E-state index contributed by atoms with van der Waals surface area (Å²) in [7, 11) is 0. The van der Waals surface area contributed by atoms with Crippen molar-refractivity contribution in [2.75, 3.05) is 10.6 Å². The number of benzene rings is 2. The molecule has 0 bridgehead atoms. The van der Waals surface area contributed by atoms with Gasteiger partial charge in [-0.15, -0.1) is 0 Å². The van der Waals surface area contributed by atoms with Crippen LogP contribution in [0.2, 0.25) is 5.02 Å². The third-order valence-electron chi connectivity index (χ3n) is 3.83. The van der Waals surface area contributed by atoms with Gasteiger partial charge in [0.2, 0.25) is 0 Å². The zero-order valence-electron chi connectivity index (χ0n) is 14.3. The first kappa shape index (κ1) is 18.5. The van der Waals surface area contributed by atoms with Gasteiger partial charge in [0.1, 0.15) is 17.2 Å². The first-order valence-electron chi connectivity index (χ1n) is 8.04. The van der Waals surface area contributed by atoms with Crippen molar-refractivity contribution in [2.24, 2.45) is 0 Å². The molecule has 0 aliphatic carbocycles. The van der Waals surface area contributed by atoms with Gasteiger partial charge in [-0.3, -0.25) is 9.59 Å². The van der Waals surface area contributed by atoms with Crippen LogP contribution in [0.3, 0.4) is 0 Å². The number of halogens is 2. The Kier molecular flexibility index (Phi) is 5.47. The first-order valence-corrected chi connectivity index (χ1v) is 8.42. The largest absolute Gasteiger partial charge is 0.321 e. The summed E-state index contributed by atoms with van der Waals surface area (Å²) in [6, 6.07) is 15.1. The van der Waals surface area contributed by atoms with E-state index in [0.29, 0.717) is 16.4 Å². The molecule has 0 aliphatic heterocycles. The lowest BCUT2D eigenvalue weighted by Gasteiger charge is -2.10. The van der Waals surface area contributed by atoms with E-state index in [0.717, 1.165) is 5.56 Å². The molecule has 1 aromatic heterocycles.